The van der Waals surface area contributed by atoms with Gasteiger partial charge in [0.1, 0.15) is 0 Å². The molecule has 1 atom stereocenters. The molecule has 0 aromatic rings. The molecule has 1 amide bonds. The number of ether oxygens (including phenoxy) is 2. The number of nitrogens with one attached hydrogen (secondary N) is 1. The highest BCUT2D eigenvalue weighted by Crippen LogP contribution is 2.37. The fraction of sp³-hybridized carbons (Fsp3) is 0.692. The summed E-state index contributed by atoms with van der Waals surface area (Å²) in [6, 6.07) is 0. The van der Waals surface area contributed by atoms with Crippen molar-refractivity contribution in [1.82, 2.24) is 5.32 Å². The van der Waals surface area contributed by atoms with Crippen molar-refractivity contribution in [1.29, 1.82) is 0 Å². The SMILES string of the molecule is C=CC(=O)OC(OCCC(F)(F)S(=O)(=O)O)(C(=O)NCC(C)C)C(F)(F)F. The second-order valence-electron chi connectivity index (χ2n) is 5.55. The molecule has 0 aliphatic rings. The molecular weight excluding hydrogens is 409 g/mol. The predicted molar refractivity (Wildman–Crippen MR) is 80.0 cm³/mol. The van der Waals surface area contributed by atoms with E-state index in [9.17, 15) is 40.0 Å². The molecule has 8 nitrogen and oxygen atoms in total. The van der Waals surface area contributed by atoms with Crippen molar-refractivity contribution in [3.63, 3.8) is 0 Å². The van der Waals surface area contributed by atoms with Gasteiger partial charge in [0, 0.05) is 12.6 Å². The summed E-state index contributed by atoms with van der Waals surface area (Å²) >= 11 is 0. The molecule has 14 heteroatoms. The molecule has 0 heterocycles. The van der Waals surface area contributed by atoms with Gasteiger partial charge in [0.15, 0.2) is 0 Å². The van der Waals surface area contributed by atoms with Crippen LogP contribution >= 0.6 is 0 Å². The molecular formula is C13H18F5NO7S. The lowest BCUT2D eigenvalue weighted by molar-refractivity contribution is -0.347. The van der Waals surface area contributed by atoms with Gasteiger partial charge in [-0.1, -0.05) is 20.4 Å². The van der Waals surface area contributed by atoms with E-state index in [0.717, 1.165) is 0 Å². The lowest BCUT2D eigenvalue weighted by Crippen LogP contribution is -2.62. The molecule has 158 valence electrons. The van der Waals surface area contributed by atoms with Crippen molar-refractivity contribution >= 4 is 22.0 Å². The van der Waals surface area contributed by atoms with Gasteiger partial charge < -0.3 is 14.8 Å². The van der Waals surface area contributed by atoms with E-state index in [1.54, 1.807) is 5.32 Å². The van der Waals surface area contributed by atoms with E-state index in [-0.39, 0.29) is 18.5 Å². The van der Waals surface area contributed by atoms with E-state index in [4.69, 9.17) is 4.55 Å². The molecule has 0 rings (SSSR count). The number of amides is 1. The number of esters is 1. The van der Waals surface area contributed by atoms with Gasteiger partial charge in [-0.15, -0.1) is 0 Å². The zero-order chi connectivity index (χ0) is 21.7. The van der Waals surface area contributed by atoms with Crippen LogP contribution in [-0.4, -0.2) is 55.2 Å². The van der Waals surface area contributed by atoms with Crippen molar-refractivity contribution in [2.24, 2.45) is 5.92 Å². The van der Waals surface area contributed by atoms with Crippen molar-refractivity contribution in [3.05, 3.63) is 12.7 Å². The number of rotatable bonds is 10. The topological polar surface area (TPSA) is 119 Å². The molecule has 0 aromatic heterocycles. The molecule has 0 aliphatic heterocycles. The molecule has 0 aromatic carbocycles. The van der Waals surface area contributed by atoms with Crippen LogP contribution in [0.5, 0.6) is 0 Å². The van der Waals surface area contributed by atoms with E-state index >= 15 is 0 Å². The van der Waals surface area contributed by atoms with Crippen molar-refractivity contribution in [2.75, 3.05) is 13.2 Å². The summed E-state index contributed by atoms with van der Waals surface area (Å²) < 4.78 is 104. The average Bonchev–Trinajstić information content (AvgIpc) is 2.48. The monoisotopic (exact) mass is 427 g/mol. The van der Waals surface area contributed by atoms with Gasteiger partial charge in [-0.2, -0.15) is 30.4 Å². The molecule has 0 saturated heterocycles. The molecule has 0 saturated carbocycles. The molecule has 0 fully saturated rings. The van der Waals surface area contributed by atoms with Crippen LogP contribution in [0, 0.1) is 5.92 Å². The van der Waals surface area contributed by atoms with Gasteiger partial charge in [0.05, 0.1) is 13.0 Å². The first-order chi connectivity index (χ1) is 12.0. The highest BCUT2D eigenvalue weighted by Gasteiger charge is 2.66. The van der Waals surface area contributed by atoms with Crippen LogP contribution in [0.4, 0.5) is 22.0 Å². The number of hydrogen-bond donors (Lipinski definition) is 2. The molecule has 2 N–H and O–H groups in total. The maximum atomic E-state index is 13.4. The van der Waals surface area contributed by atoms with Gasteiger partial charge in [-0.05, 0) is 5.92 Å². The maximum Gasteiger partial charge on any atom is 0.466 e. The van der Waals surface area contributed by atoms with Gasteiger partial charge in [-0.25, -0.2) is 4.79 Å². The number of carbonyl (C=O) groups is 2. The first kappa shape index (κ1) is 25.2. The van der Waals surface area contributed by atoms with Gasteiger partial charge >= 0.3 is 39.2 Å². The summed E-state index contributed by atoms with van der Waals surface area (Å²) in [5.41, 5.74) is 0. The Balaban J connectivity index is 5.76. The van der Waals surface area contributed by atoms with Gasteiger partial charge in [0.2, 0.25) is 0 Å². The Bertz CT molecular complexity index is 662. The number of alkyl halides is 5. The fourth-order valence-electron chi connectivity index (χ4n) is 1.45. The van der Waals surface area contributed by atoms with Crippen molar-refractivity contribution in [2.45, 2.75) is 37.5 Å². The smallest absolute Gasteiger partial charge is 0.412 e. The first-order valence-electron chi connectivity index (χ1n) is 7.19. The van der Waals surface area contributed by atoms with Crippen LogP contribution in [0.2, 0.25) is 0 Å². The molecule has 1 unspecified atom stereocenters. The Morgan fingerprint density at radius 1 is 1.22 bits per heavy atom. The Kier molecular flexibility index (Phi) is 8.33. The van der Waals surface area contributed by atoms with Crippen LogP contribution < -0.4 is 5.32 Å². The molecule has 0 spiro atoms. The summed E-state index contributed by atoms with van der Waals surface area (Å²) in [7, 11) is -5.94. The minimum absolute atomic E-state index is 0.270. The Morgan fingerprint density at radius 3 is 2.11 bits per heavy atom. The van der Waals surface area contributed by atoms with Crippen LogP contribution in [0.15, 0.2) is 12.7 Å². The fourth-order valence-corrected chi connectivity index (χ4v) is 1.79. The van der Waals surface area contributed by atoms with Crippen LogP contribution in [0.1, 0.15) is 20.3 Å². The summed E-state index contributed by atoms with van der Waals surface area (Å²) in [6.45, 7) is 3.87. The van der Waals surface area contributed by atoms with E-state index in [1.807, 2.05) is 0 Å². The highest BCUT2D eigenvalue weighted by molar-refractivity contribution is 7.86. The average molecular weight is 427 g/mol. The van der Waals surface area contributed by atoms with Gasteiger partial charge in [0.25, 0.3) is 0 Å². The maximum absolute atomic E-state index is 13.4. The van der Waals surface area contributed by atoms with E-state index < -0.39 is 52.2 Å². The second kappa shape index (κ2) is 8.93. The van der Waals surface area contributed by atoms with Gasteiger partial charge in [-0.3, -0.25) is 9.35 Å². The van der Waals surface area contributed by atoms with E-state index in [1.165, 1.54) is 13.8 Å². The summed E-state index contributed by atoms with van der Waals surface area (Å²) in [4.78, 5) is 23.2. The van der Waals surface area contributed by atoms with Crippen LogP contribution in [-0.2, 0) is 29.2 Å². The van der Waals surface area contributed by atoms with E-state index in [0.29, 0.717) is 0 Å². The third-order valence-electron chi connectivity index (χ3n) is 2.83. The molecule has 0 radical (unpaired) electrons. The zero-order valence-electron chi connectivity index (χ0n) is 14.2. The Labute approximate surface area is 151 Å². The quantitative estimate of drug-likeness (QED) is 0.179. The lowest BCUT2D eigenvalue weighted by Gasteiger charge is -2.33. The number of hydrogen-bond acceptors (Lipinski definition) is 6. The normalized spacial score (nSPS) is 15.1. The van der Waals surface area contributed by atoms with Crippen LogP contribution in [0.25, 0.3) is 0 Å². The third kappa shape index (κ3) is 6.70. The summed E-state index contributed by atoms with van der Waals surface area (Å²) in [5.74, 6) is -8.44. The summed E-state index contributed by atoms with van der Waals surface area (Å²) in [5, 5.41) is -3.07. The zero-order valence-corrected chi connectivity index (χ0v) is 15.0. The second-order valence-corrected chi connectivity index (χ2v) is 7.10. The van der Waals surface area contributed by atoms with Crippen molar-refractivity contribution < 1.29 is 54.0 Å². The number of halogens is 5. The summed E-state index contributed by atoms with van der Waals surface area (Å²) in [6.07, 6.45) is -7.40. The molecule has 27 heavy (non-hydrogen) atoms. The first-order valence-corrected chi connectivity index (χ1v) is 8.63. The predicted octanol–water partition coefficient (Wildman–Crippen LogP) is 1.63. The van der Waals surface area contributed by atoms with E-state index in [2.05, 4.69) is 16.1 Å². The minimum Gasteiger partial charge on any atom is -0.412 e. The minimum atomic E-state index is -5.94. The van der Waals surface area contributed by atoms with Crippen molar-refractivity contribution in [3.8, 4) is 0 Å². The Morgan fingerprint density at radius 2 is 1.74 bits per heavy atom. The Hall–Kier alpha value is -1.80. The third-order valence-corrected chi connectivity index (χ3v) is 3.79. The van der Waals surface area contributed by atoms with Crippen LogP contribution in [0.3, 0.4) is 0 Å². The standard InChI is InChI=1S/C13H18F5NO7S/c1-4-9(20)26-12(13(16,17)18,10(21)19-7-8(2)3)25-6-5-11(14,15)27(22,23)24/h4,8H,1,5-7H2,2-3H3,(H,19,21)(H,22,23,24). The lowest BCUT2D eigenvalue weighted by atomic mass is 10.2. The molecule has 0 bridgehead atoms. The molecule has 0 aliphatic carbocycles. The number of carbonyl (C=O) groups excluding carboxylic acids is 2. The largest absolute Gasteiger partial charge is 0.466 e. The highest BCUT2D eigenvalue weighted by atomic mass is 32.2.